The van der Waals surface area contributed by atoms with E-state index in [-0.39, 0.29) is 0 Å². The van der Waals surface area contributed by atoms with Crippen molar-refractivity contribution >= 4 is 34.8 Å². The Hall–Kier alpha value is -1.18. The molecule has 0 radical (unpaired) electrons. The van der Waals surface area contributed by atoms with E-state index in [2.05, 4.69) is 23.1 Å². The third kappa shape index (κ3) is 1.89. The minimum atomic E-state index is -1.89. The molecule has 0 amide bonds. The van der Waals surface area contributed by atoms with E-state index in [4.69, 9.17) is 0 Å². The van der Waals surface area contributed by atoms with Crippen LogP contribution in [0.1, 0.15) is 0 Å². The van der Waals surface area contributed by atoms with Gasteiger partial charge in [-0.3, -0.25) is 0 Å². The van der Waals surface area contributed by atoms with Gasteiger partial charge in [-0.05, 0) is 0 Å². The van der Waals surface area contributed by atoms with E-state index in [1.54, 1.807) is 0 Å². The van der Waals surface area contributed by atoms with Crippen molar-refractivity contribution in [2.45, 2.75) is 5.82 Å². The van der Waals surface area contributed by atoms with E-state index < -0.39 is 13.8 Å². The Morgan fingerprint density at radius 3 is 2.25 bits per heavy atom. The summed E-state index contributed by atoms with van der Waals surface area (Å²) in [5.41, 5.74) is 1.14. The fourth-order valence-electron chi connectivity index (χ4n) is 1.90. The molecule has 0 fully saturated rings. The maximum atomic E-state index is 11.8. The van der Waals surface area contributed by atoms with Crippen LogP contribution in [0.3, 0.4) is 0 Å². The minimum absolute atomic E-state index is 1.00. The molecule has 0 N–H and O–H groups in total. The summed E-state index contributed by atoms with van der Waals surface area (Å²) in [6, 6.07) is 12.2. The van der Waals surface area contributed by atoms with Crippen molar-refractivity contribution in [3.05, 3.63) is 36.4 Å². The summed E-state index contributed by atoms with van der Waals surface area (Å²) in [4.78, 5) is 2.07. The molecule has 0 heterocycles. The molecule has 16 heavy (non-hydrogen) atoms. The Bertz CT molecular complexity index is 543. The zero-order valence-electron chi connectivity index (χ0n) is 9.73. The Morgan fingerprint density at radius 1 is 1.06 bits per heavy atom. The molecular formula is C13H15NOSe. The number of hydrogen-bond acceptors (Lipinski definition) is 2. The number of rotatable bonds is 2. The van der Waals surface area contributed by atoms with E-state index >= 15 is 0 Å². The molecule has 2 aromatic carbocycles. The first-order valence-electron chi connectivity index (χ1n) is 5.14. The fourth-order valence-corrected chi connectivity index (χ4v) is 3.54. The first-order chi connectivity index (χ1) is 7.61. The molecule has 2 aromatic rings. The van der Waals surface area contributed by atoms with Crippen LogP contribution in [-0.2, 0) is 3.83 Å². The van der Waals surface area contributed by atoms with Crippen LogP contribution in [-0.4, -0.2) is 27.9 Å². The van der Waals surface area contributed by atoms with Gasteiger partial charge in [0.15, 0.2) is 0 Å². The molecule has 2 rings (SSSR count). The average molecular weight is 280 g/mol. The van der Waals surface area contributed by atoms with Crippen molar-refractivity contribution < 1.29 is 3.83 Å². The molecule has 0 bridgehead atoms. The number of nitrogens with zero attached hydrogens (tertiary/aromatic N) is 1. The third-order valence-electron chi connectivity index (χ3n) is 2.64. The van der Waals surface area contributed by atoms with Gasteiger partial charge in [0.1, 0.15) is 0 Å². The Labute approximate surface area is 100.0 Å². The average Bonchev–Trinajstić information content (AvgIpc) is 2.27. The first-order valence-corrected chi connectivity index (χ1v) is 8.40. The molecule has 0 spiro atoms. The second kappa shape index (κ2) is 4.36. The molecule has 2 nitrogen and oxygen atoms in total. The van der Waals surface area contributed by atoms with E-state index in [1.807, 2.05) is 38.1 Å². The van der Waals surface area contributed by atoms with Crippen LogP contribution in [0.15, 0.2) is 36.4 Å². The zero-order valence-corrected chi connectivity index (χ0v) is 11.4. The van der Waals surface area contributed by atoms with Crippen LogP contribution >= 0.6 is 0 Å². The molecule has 1 atom stereocenters. The SMILES string of the molecule is CN(C)c1cccc2cccc([Se](C)=O)c12. The van der Waals surface area contributed by atoms with Gasteiger partial charge in [-0.1, -0.05) is 0 Å². The van der Waals surface area contributed by atoms with Crippen molar-refractivity contribution in [1.29, 1.82) is 0 Å². The predicted octanol–water partition coefficient (Wildman–Crippen LogP) is 2.16. The number of anilines is 1. The van der Waals surface area contributed by atoms with Gasteiger partial charge < -0.3 is 0 Å². The molecule has 84 valence electrons. The fraction of sp³-hybridized carbons (Fsp3) is 0.231. The van der Waals surface area contributed by atoms with Gasteiger partial charge in [-0.15, -0.1) is 0 Å². The Kier molecular flexibility index (Phi) is 3.08. The molecule has 0 aliphatic heterocycles. The van der Waals surface area contributed by atoms with Crippen molar-refractivity contribution in [3.63, 3.8) is 0 Å². The predicted molar refractivity (Wildman–Crippen MR) is 70.2 cm³/mol. The van der Waals surface area contributed by atoms with Crippen molar-refractivity contribution in [2.24, 2.45) is 0 Å². The molecule has 0 aliphatic carbocycles. The zero-order chi connectivity index (χ0) is 11.7. The van der Waals surface area contributed by atoms with Crippen LogP contribution in [0.2, 0.25) is 5.82 Å². The summed E-state index contributed by atoms with van der Waals surface area (Å²) in [5.74, 6) is 1.82. The monoisotopic (exact) mass is 281 g/mol. The maximum absolute atomic E-state index is 11.8. The van der Waals surface area contributed by atoms with Gasteiger partial charge >= 0.3 is 99.8 Å². The molecule has 0 aromatic heterocycles. The quantitative estimate of drug-likeness (QED) is 0.786. The first kappa shape index (κ1) is 11.3. The second-order valence-electron chi connectivity index (χ2n) is 3.98. The summed E-state index contributed by atoms with van der Waals surface area (Å²) in [6.45, 7) is 0. The number of hydrogen-bond donors (Lipinski definition) is 0. The normalized spacial score (nSPS) is 12.7. The summed E-state index contributed by atoms with van der Waals surface area (Å²) in [6.07, 6.45) is 0. The van der Waals surface area contributed by atoms with Crippen LogP contribution < -0.4 is 9.36 Å². The van der Waals surface area contributed by atoms with Crippen LogP contribution in [0.5, 0.6) is 0 Å². The molecule has 0 saturated heterocycles. The van der Waals surface area contributed by atoms with Gasteiger partial charge in [-0.2, -0.15) is 0 Å². The second-order valence-corrected chi connectivity index (χ2v) is 6.81. The van der Waals surface area contributed by atoms with Crippen LogP contribution in [0.25, 0.3) is 10.8 Å². The van der Waals surface area contributed by atoms with Gasteiger partial charge in [0.05, 0.1) is 0 Å². The van der Waals surface area contributed by atoms with Gasteiger partial charge in [0.25, 0.3) is 0 Å². The van der Waals surface area contributed by atoms with E-state index in [1.165, 1.54) is 0 Å². The van der Waals surface area contributed by atoms with E-state index in [0.29, 0.717) is 0 Å². The standard InChI is InChI=1S/C13H15NOSe/c1-14(2)11-8-4-6-10-7-5-9-12(13(10)11)16(3)15/h4-9H,1-3H3. The Morgan fingerprint density at radius 2 is 1.69 bits per heavy atom. The Balaban J connectivity index is 2.87. The topological polar surface area (TPSA) is 20.3 Å². The van der Waals surface area contributed by atoms with Crippen molar-refractivity contribution in [3.8, 4) is 0 Å². The van der Waals surface area contributed by atoms with Crippen molar-refractivity contribution in [2.75, 3.05) is 19.0 Å². The van der Waals surface area contributed by atoms with Crippen LogP contribution in [0.4, 0.5) is 5.69 Å². The van der Waals surface area contributed by atoms with Gasteiger partial charge in [0, 0.05) is 0 Å². The summed E-state index contributed by atoms with van der Waals surface area (Å²) in [5, 5.41) is 2.30. The van der Waals surface area contributed by atoms with E-state index in [0.717, 1.165) is 20.9 Å². The summed E-state index contributed by atoms with van der Waals surface area (Å²) < 4.78 is 12.8. The van der Waals surface area contributed by atoms with E-state index in [9.17, 15) is 3.83 Å². The molecular weight excluding hydrogens is 265 g/mol. The molecule has 0 aliphatic rings. The summed E-state index contributed by atoms with van der Waals surface area (Å²) >= 11 is -1.89. The number of fused-ring (bicyclic) bond motifs is 1. The number of benzene rings is 2. The van der Waals surface area contributed by atoms with Gasteiger partial charge in [-0.25, -0.2) is 0 Å². The molecule has 0 saturated carbocycles. The molecule has 1 unspecified atom stereocenters. The molecule has 3 heteroatoms. The van der Waals surface area contributed by atoms with Crippen molar-refractivity contribution in [1.82, 2.24) is 0 Å². The summed E-state index contributed by atoms with van der Waals surface area (Å²) in [7, 11) is 4.03. The van der Waals surface area contributed by atoms with Crippen LogP contribution in [0, 0.1) is 0 Å². The third-order valence-corrected chi connectivity index (χ3v) is 4.65. The van der Waals surface area contributed by atoms with Gasteiger partial charge in [0.2, 0.25) is 0 Å².